The van der Waals surface area contributed by atoms with Crippen molar-refractivity contribution in [3.63, 3.8) is 0 Å². The topological polar surface area (TPSA) is 34.1 Å². The van der Waals surface area contributed by atoms with Gasteiger partial charge in [0.2, 0.25) is 0 Å². The number of hydrogen-bond donors (Lipinski definition) is 0. The Labute approximate surface area is 118 Å². The zero-order valence-corrected chi connectivity index (χ0v) is 13.4. The van der Waals surface area contributed by atoms with Crippen molar-refractivity contribution in [3.8, 4) is 0 Å². The molecule has 0 fully saturated rings. The summed E-state index contributed by atoms with van der Waals surface area (Å²) in [7, 11) is 0. The summed E-state index contributed by atoms with van der Waals surface area (Å²) in [5.41, 5.74) is 0. The van der Waals surface area contributed by atoms with Crippen LogP contribution in [0.1, 0.15) is 48.0 Å². The third-order valence-corrected chi connectivity index (χ3v) is 0.498. The Morgan fingerprint density at radius 2 is 0.812 bits per heavy atom. The molecule has 0 saturated carbocycles. The van der Waals surface area contributed by atoms with E-state index in [2.05, 4.69) is 27.7 Å². The van der Waals surface area contributed by atoms with Crippen LogP contribution in [0.3, 0.4) is 0 Å². The van der Waals surface area contributed by atoms with Crippen LogP contribution in [0.5, 0.6) is 0 Å². The van der Waals surface area contributed by atoms with Gasteiger partial charge in [0, 0.05) is 0 Å². The van der Waals surface area contributed by atoms with Crippen LogP contribution in [-0.2, 0) is 31.3 Å². The van der Waals surface area contributed by atoms with Gasteiger partial charge in [0.1, 0.15) is 11.6 Å². The van der Waals surface area contributed by atoms with Gasteiger partial charge in [-0.3, -0.25) is 9.59 Å². The van der Waals surface area contributed by atoms with Crippen LogP contribution < -0.4 is 0 Å². The Hall–Kier alpha value is 0.0543. The maximum Gasteiger partial charge on any atom is 4.00 e. The molecule has 2 nitrogen and oxygen atoms in total. The Bertz CT molecular complexity index is 90.1. The molecule has 16 heavy (non-hydrogen) atoms. The first kappa shape index (κ1) is 36.0. The number of hydrogen-bond acceptors (Lipinski definition) is 2. The summed E-state index contributed by atoms with van der Waals surface area (Å²) in [6.45, 7) is 22.8. The van der Waals surface area contributed by atoms with Gasteiger partial charge >= 0.3 is 21.7 Å². The second-order valence-electron chi connectivity index (χ2n) is 1.58. The molecule has 0 aliphatic carbocycles. The molecule has 0 amide bonds. The number of Topliss-reactive ketones (excluding diaryl/α,β-unsaturated/α-hetero) is 2. The molecule has 0 rings (SSSR count). The molecule has 0 radical (unpaired) electrons. The van der Waals surface area contributed by atoms with Gasteiger partial charge < -0.3 is 27.7 Å². The van der Waals surface area contributed by atoms with Gasteiger partial charge in [-0.2, -0.15) is 27.7 Å². The summed E-state index contributed by atoms with van der Waals surface area (Å²) in [6, 6.07) is 0. The Balaban J connectivity index is -0.0000000238. The average Bonchev–Trinajstić information content (AvgIpc) is 2.27. The SMILES string of the molecule is CC(=O)CC(C)=O.[CH2-]C.[CH2-]C.[CH2-]C.[CH2-]C.[Ti+4]. The van der Waals surface area contributed by atoms with E-state index in [4.69, 9.17) is 0 Å². The predicted molar refractivity (Wildman–Crippen MR) is 70.1 cm³/mol. The first-order chi connectivity index (χ1) is 7.13. The molecule has 0 aromatic rings. The fourth-order valence-corrected chi connectivity index (χ4v) is 0.351. The largest absolute Gasteiger partial charge is 4.00 e. The maximum absolute atomic E-state index is 10.0. The first-order valence-electron chi connectivity index (χ1n) is 4.94. The zero-order chi connectivity index (χ0) is 13.9. The van der Waals surface area contributed by atoms with Crippen LogP contribution in [0.2, 0.25) is 0 Å². The van der Waals surface area contributed by atoms with Crippen LogP contribution in [0.15, 0.2) is 0 Å². The van der Waals surface area contributed by atoms with Crippen LogP contribution in [0.4, 0.5) is 0 Å². The first-order valence-corrected chi connectivity index (χ1v) is 4.94. The van der Waals surface area contributed by atoms with Crippen LogP contribution in [-0.4, -0.2) is 11.6 Å². The molecule has 0 spiro atoms. The van der Waals surface area contributed by atoms with Crippen molar-refractivity contribution in [2.75, 3.05) is 0 Å². The standard InChI is InChI=1S/C5H8O2.4C2H5.Ti/c1-4(6)3-5(2)7;4*1-2;/h3H2,1-2H3;4*1H2,2H3;/q;4*-1;+4. The third-order valence-electron chi connectivity index (χ3n) is 0.498. The minimum Gasteiger partial charge on any atom is -0.346 e. The maximum atomic E-state index is 10.0. The van der Waals surface area contributed by atoms with Gasteiger partial charge in [0.25, 0.3) is 0 Å². The van der Waals surface area contributed by atoms with Crippen LogP contribution >= 0.6 is 0 Å². The van der Waals surface area contributed by atoms with Gasteiger partial charge in [-0.25, -0.2) is 0 Å². The molecule has 0 atom stereocenters. The second kappa shape index (κ2) is 59.8. The molecule has 3 heteroatoms. The molecular weight excluding hydrogens is 236 g/mol. The predicted octanol–water partition coefficient (Wildman–Crippen LogP) is 3.91. The van der Waals surface area contributed by atoms with E-state index in [-0.39, 0.29) is 39.7 Å². The molecule has 0 aliphatic heterocycles. The molecule has 0 bridgehead atoms. The van der Waals surface area contributed by atoms with Gasteiger partial charge in [-0.15, -0.1) is 0 Å². The smallest absolute Gasteiger partial charge is 0.346 e. The zero-order valence-electron chi connectivity index (χ0n) is 11.9. The Morgan fingerprint density at radius 1 is 0.688 bits per heavy atom. The Morgan fingerprint density at radius 3 is 0.812 bits per heavy atom. The third kappa shape index (κ3) is 146. The van der Waals surface area contributed by atoms with Crippen molar-refractivity contribution in [3.05, 3.63) is 27.7 Å². The van der Waals surface area contributed by atoms with Crippen molar-refractivity contribution in [1.29, 1.82) is 0 Å². The molecule has 0 N–H and O–H groups in total. The van der Waals surface area contributed by atoms with Crippen molar-refractivity contribution < 1.29 is 31.3 Å². The molecule has 0 saturated heterocycles. The van der Waals surface area contributed by atoms with E-state index < -0.39 is 0 Å². The summed E-state index contributed by atoms with van der Waals surface area (Å²) in [4.78, 5) is 20.1. The van der Waals surface area contributed by atoms with Crippen LogP contribution in [0.25, 0.3) is 0 Å². The minimum absolute atomic E-state index is 0. The van der Waals surface area contributed by atoms with Gasteiger partial charge in [-0.05, 0) is 13.8 Å². The second-order valence-corrected chi connectivity index (χ2v) is 1.58. The molecule has 0 aliphatic rings. The van der Waals surface area contributed by atoms with Crippen LogP contribution in [0, 0.1) is 27.7 Å². The van der Waals surface area contributed by atoms with E-state index in [1.807, 2.05) is 0 Å². The van der Waals surface area contributed by atoms with E-state index >= 15 is 0 Å². The molecule has 0 aromatic carbocycles. The number of rotatable bonds is 2. The van der Waals surface area contributed by atoms with E-state index in [1.165, 1.54) is 13.8 Å². The molecule has 0 heterocycles. The van der Waals surface area contributed by atoms with E-state index in [9.17, 15) is 9.59 Å². The molecular formula is C13H28O2Ti. The van der Waals surface area contributed by atoms with Crippen molar-refractivity contribution in [1.82, 2.24) is 0 Å². The van der Waals surface area contributed by atoms with Gasteiger partial charge in [0.15, 0.2) is 0 Å². The number of ketones is 2. The molecule has 0 aromatic heterocycles. The van der Waals surface area contributed by atoms with E-state index in [0.29, 0.717) is 0 Å². The summed E-state index contributed by atoms with van der Waals surface area (Å²) in [6.07, 6.45) is 0.0833. The van der Waals surface area contributed by atoms with E-state index in [0.717, 1.165) is 0 Å². The molecule has 0 unspecified atom stereocenters. The van der Waals surface area contributed by atoms with Crippen molar-refractivity contribution in [2.45, 2.75) is 48.0 Å². The Kier molecular flexibility index (Phi) is 134. The van der Waals surface area contributed by atoms with Crippen molar-refractivity contribution >= 4 is 11.6 Å². The minimum atomic E-state index is -0.0625. The van der Waals surface area contributed by atoms with E-state index in [1.54, 1.807) is 27.7 Å². The summed E-state index contributed by atoms with van der Waals surface area (Å²) < 4.78 is 0. The fourth-order valence-electron chi connectivity index (χ4n) is 0.351. The monoisotopic (exact) mass is 264 g/mol. The number of carbonyl (C=O) groups is 2. The average molecular weight is 264 g/mol. The normalized spacial score (nSPS) is 5.12. The van der Waals surface area contributed by atoms with Gasteiger partial charge in [-0.1, -0.05) is 0 Å². The quantitative estimate of drug-likeness (QED) is 0.430. The molecule has 96 valence electrons. The fraction of sp³-hybridized carbons (Fsp3) is 0.538. The summed E-state index contributed by atoms with van der Waals surface area (Å²) >= 11 is 0. The van der Waals surface area contributed by atoms with Crippen molar-refractivity contribution in [2.24, 2.45) is 0 Å². The summed E-state index contributed by atoms with van der Waals surface area (Å²) in [5, 5.41) is 0. The number of carbonyl (C=O) groups excluding carboxylic acids is 2. The van der Waals surface area contributed by atoms with Gasteiger partial charge in [0.05, 0.1) is 6.42 Å². The summed E-state index contributed by atoms with van der Waals surface area (Å²) in [5.74, 6) is -0.125.